The van der Waals surface area contributed by atoms with Gasteiger partial charge in [-0.15, -0.1) is 0 Å². The molecule has 0 aliphatic heterocycles. The van der Waals surface area contributed by atoms with Crippen LogP contribution in [0.25, 0.3) is 11.4 Å². The van der Waals surface area contributed by atoms with Crippen molar-refractivity contribution in [2.24, 2.45) is 0 Å². The van der Waals surface area contributed by atoms with Crippen molar-refractivity contribution in [2.45, 2.75) is 0 Å². The summed E-state index contributed by atoms with van der Waals surface area (Å²) in [6, 6.07) is 9.89. The molecule has 0 atom stereocenters. The van der Waals surface area contributed by atoms with Gasteiger partial charge in [0, 0.05) is 5.56 Å². The fourth-order valence-corrected chi connectivity index (χ4v) is 1.16. The normalized spacial score (nSPS) is 9.41. The van der Waals surface area contributed by atoms with E-state index in [1.54, 1.807) is 0 Å². The van der Waals surface area contributed by atoms with Gasteiger partial charge in [-0.05, 0) is 0 Å². The molecule has 1 aromatic carbocycles. The summed E-state index contributed by atoms with van der Waals surface area (Å²) in [5.74, 6) is 1.17. The number of nitrogens with one attached hydrogen (secondary N) is 2. The van der Waals surface area contributed by atoms with E-state index in [9.17, 15) is 0 Å². The van der Waals surface area contributed by atoms with Crippen molar-refractivity contribution in [3.63, 3.8) is 0 Å². The minimum Gasteiger partial charge on any atom is -0.368 e. The summed E-state index contributed by atoms with van der Waals surface area (Å²) in [6.07, 6.45) is 2.86. The molecular formula is C10H11N7. The minimum atomic E-state index is 0.356. The molecule has 0 saturated carbocycles. The molecule has 3 aromatic rings. The zero-order chi connectivity index (χ0) is 11.9. The number of anilines is 1. The monoisotopic (exact) mass is 229 g/mol. The molecule has 86 valence electrons. The number of benzene rings is 1. The molecule has 4 N–H and O–H groups in total. The molecule has 0 aliphatic rings. The molecule has 0 radical (unpaired) electrons. The maximum absolute atomic E-state index is 5.05. The van der Waals surface area contributed by atoms with E-state index in [0.29, 0.717) is 5.95 Å². The number of nitrogens with two attached hydrogens (primary N) is 1. The highest BCUT2D eigenvalue weighted by Gasteiger charge is 1.95. The third kappa shape index (κ3) is 3.13. The lowest BCUT2D eigenvalue weighted by Gasteiger charge is -1.91. The quantitative estimate of drug-likeness (QED) is 0.573. The highest BCUT2D eigenvalue weighted by Crippen LogP contribution is 2.10. The van der Waals surface area contributed by atoms with E-state index in [2.05, 4.69) is 30.4 Å². The molecule has 17 heavy (non-hydrogen) atoms. The molecule has 2 aromatic heterocycles. The predicted octanol–water partition coefficient (Wildman–Crippen LogP) is 0.859. The van der Waals surface area contributed by atoms with Crippen LogP contribution in [0.4, 0.5) is 5.95 Å². The van der Waals surface area contributed by atoms with Gasteiger partial charge in [0.25, 0.3) is 0 Å². The van der Waals surface area contributed by atoms with Crippen LogP contribution in [-0.2, 0) is 0 Å². The number of hydrogen-bond donors (Lipinski definition) is 3. The van der Waals surface area contributed by atoms with Crippen molar-refractivity contribution in [3.8, 4) is 11.4 Å². The minimum absolute atomic E-state index is 0.356. The van der Waals surface area contributed by atoms with Crippen LogP contribution < -0.4 is 5.73 Å². The Hall–Kier alpha value is -2.70. The van der Waals surface area contributed by atoms with Crippen molar-refractivity contribution in [2.75, 3.05) is 5.73 Å². The Balaban J connectivity index is 0.000000153. The Labute approximate surface area is 97.1 Å². The maximum Gasteiger partial charge on any atom is 0.215 e. The summed E-state index contributed by atoms with van der Waals surface area (Å²) >= 11 is 0. The van der Waals surface area contributed by atoms with Crippen LogP contribution >= 0.6 is 0 Å². The third-order valence-electron chi connectivity index (χ3n) is 1.90. The largest absolute Gasteiger partial charge is 0.368 e. The Morgan fingerprint density at radius 2 is 1.59 bits per heavy atom. The highest BCUT2D eigenvalue weighted by atomic mass is 15.2. The van der Waals surface area contributed by atoms with Gasteiger partial charge >= 0.3 is 0 Å². The summed E-state index contributed by atoms with van der Waals surface area (Å²) in [4.78, 5) is 7.55. The standard InChI is InChI=1S/C8H7N3.C2H4N4/c1-2-4-7(5-3-1)8-9-6-10-11-8;3-2-4-1-5-6-2/h1-6H,(H,9,10,11);1H,(H3,3,4,5,6). The molecule has 3 rings (SSSR count). The number of nitrogens with zero attached hydrogens (tertiary/aromatic N) is 4. The first-order valence-corrected chi connectivity index (χ1v) is 4.88. The Kier molecular flexibility index (Phi) is 3.43. The molecular weight excluding hydrogens is 218 g/mol. The van der Waals surface area contributed by atoms with Gasteiger partial charge in [-0.3, -0.25) is 5.10 Å². The maximum atomic E-state index is 5.05. The van der Waals surface area contributed by atoms with E-state index in [0.717, 1.165) is 11.4 Å². The SMILES string of the molecule is Nc1ncn[nH]1.c1ccc(-c2ncn[nH]2)cc1. The molecule has 0 bridgehead atoms. The lowest BCUT2D eigenvalue weighted by atomic mass is 10.2. The molecule has 7 nitrogen and oxygen atoms in total. The first-order valence-electron chi connectivity index (χ1n) is 4.88. The number of aromatic nitrogens is 6. The molecule has 0 unspecified atom stereocenters. The van der Waals surface area contributed by atoms with Gasteiger partial charge in [0.1, 0.15) is 12.7 Å². The van der Waals surface area contributed by atoms with Crippen LogP contribution in [-0.4, -0.2) is 30.4 Å². The zero-order valence-corrected chi connectivity index (χ0v) is 8.91. The number of rotatable bonds is 1. The molecule has 0 spiro atoms. The molecule has 0 saturated heterocycles. The first-order chi connectivity index (χ1) is 8.36. The Morgan fingerprint density at radius 1 is 0.882 bits per heavy atom. The fourth-order valence-electron chi connectivity index (χ4n) is 1.16. The fraction of sp³-hybridized carbons (Fsp3) is 0. The number of aromatic amines is 2. The second kappa shape index (κ2) is 5.40. The number of H-pyrrole nitrogens is 2. The van der Waals surface area contributed by atoms with Gasteiger partial charge in [-0.2, -0.15) is 10.2 Å². The van der Waals surface area contributed by atoms with Gasteiger partial charge < -0.3 is 5.73 Å². The van der Waals surface area contributed by atoms with E-state index in [4.69, 9.17) is 5.73 Å². The van der Waals surface area contributed by atoms with Crippen molar-refractivity contribution in [3.05, 3.63) is 43.0 Å². The van der Waals surface area contributed by atoms with Crippen molar-refractivity contribution in [1.82, 2.24) is 30.4 Å². The van der Waals surface area contributed by atoms with Crippen molar-refractivity contribution < 1.29 is 0 Å². The Bertz CT molecular complexity index is 515. The Morgan fingerprint density at radius 3 is 2.06 bits per heavy atom. The molecule has 0 amide bonds. The van der Waals surface area contributed by atoms with Gasteiger partial charge in [-0.1, -0.05) is 30.3 Å². The average molecular weight is 229 g/mol. The molecule has 0 aliphatic carbocycles. The predicted molar refractivity (Wildman–Crippen MR) is 62.6 cm³/mol. The summed E-state index contributed by atoms with van der Waals surface area (Å²) in [5, 5.41) is 12.4. The lowest BCUT2D eigenvalue weighted by Crippen LogP contribution is -1.84. The van der Waals surface area contributed by atoms with Crippen LogP contribution in [0.5, 0.6) is 0 Å². The van der Waals surface area contributed by atoms with Crippen LogP contribution in [0.3, 0.4) is 0 Å². The summed E-state index contributed by atoms with van der Waals surface area (Å²) in [5.41, 5.74) is 6.11. The second-order valence-electron chi connectivity index (χ2n) is 3.07. The number of nitrogen functional groups attached to an aromatic ring is 1. The highest BCUT2D eigenvalue weighted by molar-refractivity contribution is 5.53. The summed E-state index contributed by atoms with van der Waals surface area (Å²) in [6.45, 7) is 0. The molecule has 0 fully saturated rings. The smallest absolute Gasteiger partial charge is 0.215 e. The number of hydrogen-bond acceptors (Lipinski definition) is 5. The molecule has 2 heterocycles. The lowest BCUT2D eigenvalue weighted by molar-refractivity contribution is 1.10. The van der Waals surface area contributed by atoms with E-state index in [1.807, 2.05) is 30.3 Å². The van der Waals surface area contributed by atoms with Crippen LogP contribution in [0.1, 0.15) is 0 Å². The van der Waals surface area contributed by atoms with E-state index in [-0.39, 0.29) is 0 Å². The van der Waals surface area contributed by atoms with Crippen molar-refractivity contribution in [1.29, 1.82) is 0 Å². The van der Waals surface area contributed by atoms with Crippen molar-refractivity contribution >= 4 is 5.95 Å². The summed E-state index contributed by atoms with van der Waals surface area (Å²) < 4.78 is 0. The third-order valence-corrected chi connectivity index (χ3v) is 1.90. The van der Waals surface area contributed by atoms with E-state index < -0.39 is 0 Å². The van der Waals surface area contributed by atoms with Crippen LogP contribution in [0, 0.1) is 0 Å². The van der Waals surface area contributed by atoms with Gasteiger partial charge in [-0.25, -0.2) is 15.1 Å². The van der Waals surface area contributed by atoms with Gasteiger partial charge in [0.15, 0.2) is 5.82 Å². The molecule has 7 heteroatoms. The second-order valence-corrected chi connectivity index (χ2v) is 3.07. The van der Waals surface area contributed by atoms with Gasteiger partial charge in [0.2, 0.25) is 5.95 Å². The average Bonchev–Trinajstić information content (AvgIpc) is 3.03. The van der Waals surface area contributed by atoms with Gasteiger partial charge in [0.05, 0.1) is 0 Å². The van der Waals surface area contributed by atoms with E-state index in [1.165, 1.54) is 12.7 Å². The van der Waals surface area contributed by atoms with E-state index >= 15 is 0 Å². The zero-order valence-electron chi connectivity index (χ0n) is 8.91. The topological polar surface area (TPSA) is 109 Å². The first kappa shape index (κ1) is 10.8. The van der Waals surface area contributed by atoms with Crippen LogP contribution in [0.15, 0.2) is 43.0 Å². The van der Waals surface area contributed by atoms with Crippen LogP contribution in [0.2, 0.25) is 0 Å². The summed E-state index contributed by atoms with van der Waals surface area (Å²) in [7, 11) is 0.